The fourth-order valence-electron chi connectivity index (χ4n) is 3.36. The zero-order chi connectivity index (χ0) is 24.1. The molecule has 3 amide bonds. The lowest BCUT2D eigenvalue weighted by Crippen LogP contribution is -2.39. The maximum atomic E-state index is 13.3. The first-order valence-electron chi connectivity index (χ1n) is 9.90. The molecule has 3 rings (SSSR count). The molecule has 0 aliphatic rings. The standard InChI is InChI=1S/C23H22ClN3O6/c1-13-17(11-21(29)33-12-20(28)26-23(31)25-2)18-10-16(32-3)8-9-19(18)27(13)22(30)14-4-6-15(24)7-5-14/h4-10H,11-12H2,1-3H3,(H2,25,26,28,31). The summed E-state index contributed by atoms with van der Waals surface area (Å²) < 4.78 is 11.8. The van der Waals surface area contributed by atoms with Gasteiger partial charge in [-0.3, -0.25) is 24.3 Å². The number of hydrogen-bond donors (Lipinski definition) is 2. The second kappa shape index (κ2) is 10.2. The molecule has 172 valence electrons. The van der Waals surface area contributed by atoms with Crippen LogP contribution in [0.3, 0.4) is 0 Å². The molecule has 3 aromatic rings. The summed E-state index contributed by atoms with van der Waals surface area (Å²) in [6.07, 6.45) is -0.191. The highest BCUT2D eigenvalue weighted by atomic mass is 35.5. The number of carbonyl (C=O) groups excluding carboxylic acids is 4. The minimum Gasteiger partial charge on any atom is -0.497 e. The second-order valence-corrected chi connectivity index (χ2v) is 7.50. The number of aromatic nitrogens is 1. The van der Waals surface area contributed by atoms with Crippen LogP contribution >= 0.6 is 11.6 Å². The van der Waals surface area contributed by atoms with Gasteiger partial charge in [0.2, 0.25) is 0 Å². The number of benzene rings is 2. The van der Waals surface area contributed by atoms with Gasteiger partial charge >= 0.3 is 12.0 Å². The van der Waals surface area contributed by atoms with Crippen LogP contribution in [0.25, 0.3) is 10.9 Å². The smallest absolute Gasteiger partial charge is 0.321 e. The highest BCUT2D eigenvalue weighted by Crippen LogP contribution is 2.31. The van der Waals surface area contributed by atoms with E-state index >= 15 is 0 Å². The van der Waals surface area contributed by atoms with Crippen molar-refractivity contribution < 1.29 is 28.7 Å². The van der Waals surface area contributed by atoms with Gasteiger partial charge in [0.15, 0.2) is 6.61 Å². The van der Waals surface area contributed by atoms with Gasteiger partial charge in [0.05, 0.1) is 19.0 Å². The van der Waals surface area contributed by atoms with E-state index < -0.39 is 24.5 Å². The summed E-state index contributed by atoms with van der Waals surface area (Å²) >= 11 is 5.94. The molecule has 0 radical (unpaired) electrons. The fraction of sp³-hybridized carbons (Fsp3) is 0.217. The third-order valence-electron chi connectivity index (χ3n) is 5.00. The van der Waals surface area contributed by atoms with E-state index in [0.29, 0.717) is 38.5 Å². The number of amides is 3. The minimum atomic E-state index is -0.763. The van der Waals surface area contributed by atoms with Gasteiger partial charge in [-0.2, -0.15) is 0 Å². The van der Waals surface area contributed by atoms with Crippen molar-refractivity contribution in [1.82, 2.24) is 15.2 Å². The van der Waals surface area contributed by atoms with Crippen molar-refractivity contribution in [2.75, 3.05) is 20.8 Å². The van der Waals surface area contributed by atoms with Crippen LogP contribution in [0, 0.1) is 6.92 Å². The van der Waals surface area contributed by atoms with E-state index in [1.165, 1.54) is 18.7 Å². The normalized spacial score (nSPS) is 10.5. The lowest BCUT2D eigenvalue weighted by molar-refractivity contribution is -0.147. The number of ether oxygens (including phenoxy) is 2. The Morgan fingerprint density at radius 2 is 1.76 bits per heavy atom. The Morgan fingerprint density at radius 3 is 2.39 bits per heavy atom. The van der Waals surface area contributed by atoms with Gasteiger partial charge in [-0.05, 0) is 55.0 Å². The van der Waals surface area contributed by atoms with Crippen molar-refractivity contribution in [3.8, 4) is 5.75 Å². The Morgan fingerprint density at radius 1 is 1.06 bits per heavy atom. The van der Waals surface area contributed by atoms with Gasteiger partial charge in [-0.25, -0.2) is 4.79 Å². The Labute approximate surface area is 194 Å². The molecule has 2 aromatic carbocycles. The molecular weight excluding hydrogens is 450 g/mol. The third-order valence-corrected chi connectivity index (χ3v) is 5.25. The van der Waals surface area contributed by atoms with Crippen molar-refractivity contribution in [3.63, 3.8) is 0 Å². The Kier molecular flexibility index (Phi) is 7.34. The zero-order valence-corrected chi connectivity index (χ0v) is 19.0. The average molecular weight is 472 g/mol. The Balaban J connectivity index is 1.92. The molecule has 1 heterocycles. The first-order valence-corrected chi connectivity index (χ1v) is 10.3. The van der Waals surface area contributed by atoms with E-state index in [1.807, 2.05) is 5.32 Å². The number of nitrogens with one attached hydrogen (secondary N) is 2. The Bertz CT molecular complexity index is 1230. The maximum absolute atomic E-state index is 13.3. The molecule has 0 spiro atoms. The number of esters is 1. The summed E-state index contributed by atoms with van der Waals surface area (Å²) in [5.74, 6) is -1.19. The first-order chi connectivity index (χ1) is 15.7. The molecule has 33 heavy (non-hydrogen) atoms. The van der Waals surface area contributed by atoms with Gasteiger partial charge in [0.25, 0.3) is 11.8 Å². The van der Waals surface area contributed by atoms with E-state index in [-0.39, 0.29) is 12.3 Å². The molecule has 0 saturated carbocycles. The quantitative estimate of drug-likeness (QED) is 0.534. The van der Waals surface area contributed by atoms with E-state index in [1.54, 1.807) is 49.4 Å². The zero-order valence-electron chi connectivity index (χ0n) is 18.2. The van der Waals surface area contributed by atoms with Crippen molar-refractivity contribution in [2.45, 2.75) is 13.3 Å². The van der Waals surface area contributed by atoms with Crippen LogP contribution in [-0.4, -0.2) is 49.1 Å². The Hall–Kier alpha value is -3.85. The van der Waals surface area contributed by atoms with E-state index in [4.69, 9.17) is 21.1 Å². The van der Waals surface area contributed by atoms with E-state index in [2.05, 4.69) is 5.32 Å². The van der Waals surface area contributed by atoms with Crippen LogP contribution in [0.4, 0.5) is 4.79 Å². The summed E-state index contributed by atoms with van der Waals surface area (Å²) in [6.45, 7) is 1.11. The highest BCUT2D eigenvalue weighted by molar-refractivity contribution is 6.30. The van der Waals surface area contributed by atoms with Crippen LogP contribution in [0.2, 0.25) is 5.02 Å². The molecule has 0 unspecified atom stereocenters. The summed E-state index contributed by atoms with van der Waals surface area (Å²) in [5.41, 5.74) is 2.12. The highest BCUT2D eigenvalue weighted by Gasteiger charge is 2.23. The van der Waals surface area contributed by atoms with Crippen molar-refractivity contribution in [2.24, 2.45) is 0 Å². The molecule has 0 saturated heterocycles. The van der Waals surface area contributed by atoms with E-state index in [0.717, 1.165) is 0 Å². The molecule has 0 aliphatic heterocycles. The van der Waals surface area contributed by atoms with Gasteiger partial charge in [-0.1, -0.05) is 11.6 Å². The first kappa shape index (κ1) is 23.8. The van der Waals surface area contributed by atoms with Crippen molar-refractivity contribution in [1.29, 1.82) is 0 Å². The molecule has 0 bridgehead atoms. The summed E-state index contributed by atoms with van der Waals surface area (Å²) in [7, 11) is 2.87. The minimum absolute atomic E-state index is 0.191. The number of rotatable bonds is 6. The number of fused-ring (bicyclic) bond motifs is 1. The maximum Gasteiger partial charge on any atom is 0.321 e. The molecule has 9 nitrogen and oxygen atoms in total. The van der Waals surface area contributed by atoms with Crippen molar-refractivity contribution >= 4 is 46.3 Å². The number of methoxy groups -OCH3 is 1. The van der Waals surface area contributed by atoms with Gasteiger partial charge < -0.3 is 14.8 Å². The molecule has 1 aromatic heterocycles. The fourth-order valence-corrected chi connectivity index (χ4v) is 3.49. The monoisotopic (exact) mass is 471 g/mol. The predicted octanol–water partition coefficient (Wildman–Crippen LogP) is 2.84. The van der Waals surface area contributed by atoms with E-state index in [9.17, 15) is 19.2 Å². The van der Waals surface area contributed by atoms with Crippen LogP contribution in [0.1, 0.15) is 21.6 Å². The number of hydrogen-bond acceptors (Lipinski definition) is 6. The predicted molar refractivity (Wildman–Crippen MR) is 122 cm³/mol. The van der Waals surface area contributed by atoms with Crippen LogP contribution in [0.5, 0.6) is 5.75 Å². The largest absolute Gasteiger partial charge is 0.497 e. The molecule has 2 N–H and O–H groups in total. The molecule has 0 aliphatic carbocycles. The van der Waals surface area contributed by atoms with Gasteiger partial charge in [0.1, 0.15) is 5.75 Å². The van der Waals surface area contributed by atoms with Gasteiger partial charge in [0, 0.05) is 28.7 Å². The lowest BCUT2D eigenvalue weighted by atomic mass is 10.1. The summed E-state index contributed by atoms with van der Waals surface area (Å²) in [5, 5.41) is 5.38. The lowest BCUT2D eigenvalue weighted by Gasteiger charge is -2.08. The number of imide groups is 1. The summed E-state index contributed by atoms with van der Waals surface area (Å²) in [4.78, 5) is 48.6. The molecular formula is C23H22ClN3O6. The topological polar surface area (TPSA) is 116 Å². The average Bonchev–Trinajstić information content (AvgIpc) is 3.08. The summed E-state index contributed by atoms with van der Waals surface area (Å²) in [6, 6.07) is 11.0. The van der Waals surface area contributed by atoms with Crippen LogP contribution in [0.15, 0.2) is 42.5 Å². The molecule has 10 heteroatoms. The SMILES string of the molecule is CNC(=O)NC(=O)COC(=O)Cc1c(C)n(C(=O)c2ccc(Cl)cc2)c2ccc(OC)cc12. The van der Waals surface area contributed by atoms with Crippen LogP contribution < -0.4 is 15.4 Å². The number of carbonyl (C=O) groups is 4. The number of halogens is 1. The third kappa shape index (κ3) is 5.32. The molecule has 0 fully saturated rings. The van der Waals surface area contributed by atoms with Gasteiger partial charge in [-0.15, -0.1) is 0 Å². The van der Waals surface area contributed by atoms with Crippen LogP contribution in [-0.2, 0) is 20.7 Å². The van der Waals surface area contributed by atoms with Crippen molar-refractivity contribution in [3.05, 3.63) is 64.3 Å². The number of urea groups is 1. The molecule has 0 atom stereocenters. The second-order valence-electron chi connectivity index (χ2n) is 7.06. The number of nitrogens with zero attached hydrogens (tertiary/aromatic N) is 1.